The van der Waals surface area contributed by atoms with Crippen LogP contribution in [0.5, 0.6) is 5.75 Å². The predicted octanol–water partition coefficient (Wildman–Crippen LogP) is 2.68. The summed E-state index contributed by atoms with van der Waals surface area (Å²) in [7, 11) is 1.69. The number of nitrogens with zero attached hydrogens (tertiary/aromatic N) is 1. The summed E-state index contributed by atoms with van der Waals surface area (Å²) in [4.78, 5) is 2.45. The first-order chi connectivity index (χ1) is 11.7. The van der Waals surface area contributed by atoms with Crippen molar-refractivity contribution in [3.8, 4) is 5.75 Å². The molecular weight excluding hydrogens is 300 g/mol. The highest BCUT2D eigenvalue weighted by molar-refractivity contribution is 5.73. The summed E-state index contributed by atoms with van der Waals surface area (Å²) in [6.45, 7) is 5.14. The lowest BCUT2D eigenvalue weighted by molar-refractivity contribution is 0.0610. The molecule has 1 aromatic rings. The van der Waals surface area contributed by atoms with Gasteiger partial charge in [-0.2, -0.15) is 0 Å². The maximum atomic E-state index is 11.3. The Labute approximate surface area is 145 Å². The minimum atomic E-state index is -0.696. The number of aliphatic hydroxyl groups is 1. The summed E-state index contributed by atoms with van der Waals surface area (Å²) in [6.07, 6.45) is 7.41. The SMILES string of the molecule is COc1cccc(/C(=C/CN2CCNCC2)C2(O)CCCCC2)c1. The lowest BCUT2D eigenvalue weighted by Gasteiger charge is -2.36. The van der Waals surface area contributed by atoms with Crippen molar-refractivity contribution in [3.63, 3.8) is 0 Å². The Balaban J connectivity index is 1.87. The largest absolute Gasteiger partial charge is 0.497 e. The molecule has 1 aromatic carbocycles. The normalized spacial score (nSPS) is 22.3. The number of nitrogens with one attached hydrogen (secondary N) is 1. The summed E-state index contributed by atoms with van der Waals surface area (Å²) in [5.41, 5.74) is 1.48. The second kappa shape index (κ2) is 8.15. The van der Waals surface area contributed by atoms with Gasteiger partial charge in [-0.15, -0.1) is 0 Å². The van der Waals surface area contributed by atoms with Gasteiger partial charge in [0.05, 0.1) is 12.7 Å². The van der Waals surface area contributed by atoms with E-state index in [1.54, 1.807) is 7.11 Å². The van der Waals surface area contributed by atoms with Crippen molar-refractivity contribution in [2.45, 2.75) is 37.7 Å². The van der Waals surface area contributed by atoms with Crippen LogP contribution >= 0.6 is 0 Å². The van der Waals surface area contributed by atoms with Crippen molar-refractivity contribution in [2.24, 2.45) is 0 Å². The zero-order valence-corrected chi connectivity index (χ0v) is 14.8. The van der Waals surface area contributed by atoms with Crippen LogP contribution < -0.4 is 10.1 Å². The molecule has 4 heteroatoms. The van der Waals surface area contributed by atoms with E-state index in [1.807, 2.05) is 12.1 Å². The number of piperazine rings is 1. The average Bonchev–Trinajstić information content (AvgIpc) is 2.63. The molecule has 3 rings (SSSR count). The van der Waals surface area contributed by atoms with Gasteiger partial charge in [0.15, 0.2) is 0 Å². The van der Waals surface area contributed by atoms with Gasteiger partial charge in [0.1, 0.15) is 5.75 Å². The molecule has 0 spiro atoms. The Morgan fingerprint density at radius 2 is 2.00 bits per heavy atom. The Morgan fingerprint density at radius 3 is 2.71 bits per heavy atom. The first-order valence-electron chi connectivity index (χ1n) is 9.22. The number of ether oxygens (including phenoxy) is 1. The van der Waals surface area contributed by atoms with Crippen LogP contribution in [0, 0.1) is 0 Å². The zero-order chi connectivity index (χ0) is 16.8. The van der Waals surface area contributed by atoms with E-state index in [-0.39, 0.29) is 0 Å². The molecule has 1 heterocycles. The smallest absolute Gasteiger partial charge is 0.119 e. The van der Waals surface area contributed by atoms with Gasteiger partial charge >= 0.3 is 0 Å². The highest BCUT2D eigenvalue weighted by atomic mass is 16.5. The fourth-order valence-electron chi connectivity index (χ4n) is 3.89. The van der Waals surface area contributed by atoms with Crippen molar-refractivity contribution in [3.05, 3.63) is 35.9 Å². The molecule has 0 atom stereocenters. The number of benzene rings is 1. The summed E-state index contributed by atoms with van der Waals surface area (Å²) in [5.74, 6) is 0.847. The molecule has 0 radical (unpaired) electrons. The second-order valence-electron chi connectivity index (χ2n) is 6.99. The first-order valence-corrected chi connectivity index (χ1v) is 9.22. The third-order valence-electron chi connectivity index (χ3n) is 5.33. The molecule has 2 aliphatic rings. The minimum absolute atomic E-state index is 0.696. The molecule has 1 aliphatic carbocycles. The van der Waals surface area contributed by atoms with Crippen LogP contribution in [0.15, 0.2) is 30.3 Å². The van der Waals surface area contributed by atoms with Crippen molar-refractivity contribution < 1.29 is 9.84 Å². The molecule has 1 saturated heterocycles. The lowest BCUT2D eigenvalue weighted by Crippen LogP contribution is -2.43. The quantitative estimate of drug-likeness (QED) is 0.871. The Bertz CT molecular complexity index is 559. The molecule has 0 bridgehead atoms. The number of methoxy groups -OCH3 is 1. The van der Waals surface area contributed by atoms with Gasteiger partial charge in [-0.3, -0.25) is 4.90 Å². The van der Waals surface area contributed by atoms with E-state index in [0.717, 1.165) is 75.3 Å². The summed E-state index contributed by atoms with van der Waals surface area (Å²) in [6, 6.07) is 8.12. The van der Waals surface area contributed by atoms with Crippen LogP contribution in [-0.4, -0.2) is 55.4 Å². The molecular formula is C20H30N2O2. The van der Waals surface area contributed by atoms with Gasteiger partial charge in [0.2, 0.25) is 0 Å². The average molecular weight is 330 g/mol. The lowest BCUT2D eigenvalue weighted by atomic mass is 9.76. The molecule has 0 unspecified atom stereocenters. The maximum absolute atomic E-state index is 11.3. The van der Waals surface area contributed by atoms with Gasteiger partial charge in [-0.05, 0) is 36.1 Å². The highest BCUT2D eigenvalue weighted by Gasteiger charge is 2.34. The summed E-state index contributed by atoms with van der Waals surface area (Å²) in [5, 5.41) is 14.7. The van der Waals surface area contributed by atoms with Crippen LogP contribution in [0.3, 0.4) is 0 Å². The van der Waals surface area contributed by atoms with Gasteiger partial charge in [-0.25, -0.2) is 0 Å². The number of rotatable bonds is 5. The van der Waals surface area contributed by atoms with E-state index in [2.05, 4.69) is 28.4 Å². The first kappa shape index (κ1) is 17.5. The summed E-state index contributed by atoms with van der Waals surface area (Å²) >= 11 is 0. The van der Waals surface area contributed by atoms with Crippen LogP contribution in [0.4, 0.5) is 0 Å². The molecule has 132 valence electrons. The van der Waals surface area contributed by atoms with Gasteiger partial charge in [0, 0.05) is 32.7 Å². The van der Waals surface area contributed by atoms with E-state index in [4.69, 9.17) is 4.74 Å². The molecule has 24 heavy (non-hydrogen) atoms. The molecule has 2 fully saturated rings. The maximum Gasteiger partial charge on any atom is 0.119 e. The fraction of sp³-hybridized carbons (Fsp3) is 0.600. The van der Waals surface area contributed by atoms with E-state index in [9.17, 15) is 5.11 Å². The van der Waals surface area contributed by atoms with Crippen LogP contribution in [0.25, 0.3) is 5.57 Å². The van der Waals surface area contributed by atoms with Crippen molar-refractivity contribution in [2.75, 3.05) is 39.8 Å². The van der Waals surface area contributed by atoms with E-state index >= 15 is 0 Å². The second-order valence-corrected chi connectivity index (χ2v) is 6.99. The van der Waals surface area contributed by atoms with Crippen molar-refractivity contribution in [1.29, 1.82) is 0 Å². The van der Waals surface area contributed by atoms with E-state index < -0.39 is 5.60 Å². The highest BCUT2D eigenvalue weighted by Crippen LogP contribution is 2.40. The Morgan fingerprint density at radius 1 is 1.25 bits per heavy atom. The molecule has 2 N–H and O–H groups in total. The monoisotopic (exact) mass is 330 g/mol. The van der Waals surface area contributed by atoms with Crippen LogP contribution in [0.1, 0.15) is 37.7 Å². The number of hydrogen-bond acceptors (Lipinski definition) is 4. The summed E-state index contributed by atoms with van der Waals surface area (Å²) < 4.78 is 5.39. The predicted molar refractivity (Wildman–Crippen MR) is 98.3 cm³/mol. The van der Waals surface area contributed by atoms with Crippen molar-refractivity contribution in [1.82, 2.24) is 10.2 Å². The third kappa shape index (κ3) is 4.18. The molecule has 0 amide bonds. The van der Waals surface area contributed by atoms with E-state index in [1.165, 1.54) is 6.42 Å². The number of hydrogen-bond donors (Lipinski definition) is 2. The molecule has 1 saturated carbocycles. The minimum Gasteiger partial charge on any atom is -0.497 e. The third-order valence-corrected chi connectivity index (χ3v) is 5.33. The van der Waals surface area contributed by atoms with Gasteiger partial charge in [-0.1, -0.05) is 37.5 Å². The molecule has 0 aromatic heterocycles. The molecule has 4 nitrogen and oxygen atoms in total. The van der Waals surface area contributed by atoms with Gasteiger partial charge < -0.3 is 15.2 Å². The van der Waals surface area contributed by atoms with Crippen molar-refractivity contribution >= 4 is 5.57 Å². The fourth-order valence-corrected chi connectivity index (χ4v) is 3.89. The standard InChI is InChI=1S/C20H30N2O2/c1-24-18-7-5-6-17(16-18)19(20(23)9-3-2-4-10-20)8-13-22-14-11-21-12-15-22/h5-8,16,21,23H,2-4,9-15H2,1H3/b19-8-. The van der Waals surface area contributed by atoms with Gasteiger partial charge in [0.25, 0.3) is 0 Å². The van der Waals surface area contributed by atoms with Crippen LogP contribution in [-0.2, 0) is 0 Å². The zero-order valence-electron chi connectivity index (χ0n) is 14.8. The topological polar surface area (TPSA) is 44.7 Å². The Hall–Kier alpha value is -1.36. The Kier molecular flexibility index (Phi) is 5.93. The van der Waals surface area contributed by atoms with Crippen LogP contribution in [0.2, 0.25) is 0 Å². The molecule has 1 aliphatic heterocycles. The van der Waals surface area contributed by atoms with E-state index in [0.29, 0.717) is 0 Å².